The summed E-state index contributed by atoms with van der Waals surface area (Å²) in [6, 6.07) is 15.4. The lowest BCUT2D eigenvalue weighted by Gasteiger charge is -2.32. The van der Waals surface area contributed by atoms with Crippen molar-refractivity contribution in [2.24, 2.45) is 5.73 Å². The summed E-state index contributed by atoms with van der Waals surface area (Å²) < 4.78 is 6.28. The van der Waals surface area contributed by atoms with Gasteiger partial charge in [0.15, 0.2) is 0 Å². The molecule has 0 atom stereocenters. The van der Waals surface area contributed by atoms with Crippen molar-refractivity contribution in [3.05, 3.63) is 76.5 Å². The van der Waals surface area contributed by atoms with Crippen molar-refractivity contribution in [3.63, 3.8) is 0 Å². The van der Waals surface area contributed by atoms with E-state index in [2.05, 4.69) is 26.3 Å². The Kier molecular flexibility index (Phi) is 6.75. The fourth-order valence-corrected chi connectivity index (χ4v) is 4.78. The molecule has 1 fully saturated rings. The van der Waals surface area contributed by atoms with Crippen LogP contribution in [0.15, 0.2) is 48.7 Å². The highest BCUT2D eigenvalue weighted by molar-refractivity contribution is 5.92. The summed E-state index contributed by atoms with van der Waals surface area (Å²) >= 11 is 0. The molecule has 0 spiro atoms. The third kappa shape index (κ3) is 5.39. The first-order chi connectivity index (χ1) is 17.9. The highest BCUT2D eigenvalue weighted by Gasteiger charge is 2.21. The molecule has 2 aromatic heterocycles. The molecule has 188 valence electrons. The smallest absolute Gasteiger partial charge is 0.248 e. The van der Waals surface area contributed by atoms with E-state index < -0.39 is 5.91 Å². The van der Waals surface area contributed by atoms with Gasteiger partial charge in [-0.3, -0.25) is 9.69 Å². The van der Waals surface area contributed by atoms with Gasteiger partial charge in [-0.25, -0.2) is 4.98 Å². The minimum atomic E-state index is -0.408. The highest BCUT2D eigenvalue weighted by atomic mass is 16.5. The number of rotatable bonds is 7. The van der Waals surface area contributed by atoms with Gasteiger partial charge in [0.25, 0.3) is 0 Å². The third-order valence-corrected chi connectivity index (χ3v) is 6.73. The molecule has 5 rings (SSSR count). The van der Waals surface area contributed by atoms with E-state index >= 15 is 0 Å². The molecular weight excluding hydrogens is 466 g/mol. The van der Waals surface area contributed by atoms with Crippen LogP contribution >= 0.6 is 0 Å². The van der Waals surface area contributed by atoms with Crippen LogP contribution in [0.25, 0.3) is 11.0 Å². The molecule has 4 N–H and O–H groups in total. The van der Waals surface area contributed by atoms with Crippen molar-refractivity contribution in [1.29, 1.82) is 5.26 Å². The van der Waals surface area contributed by atoms with Crippen LogP contribution in [0.3, 0.4) is 0 Å². The number of ether oxygens (including phenoxy) is 1. The maximum absolute atomic E-state index is 11.3. The van der Waals surface area contributed by atoms with E-state index in [0.717, 1.165) is 60.2 Å². The summed E-state index contributed by atoms with van der Waals surface area (Å²) in [6.07, 6.45) is 3.73. The number of benzene rings is 2. The molecule has 0 saturated carbocycles. The Morgan fingerprint density at radius 2 is 1.86 bits per heavy atom. The molecule has 1 saturated heterocycles. The number of carbonyl (C=O) groups is 1. The average Bonchev–Trinajstić information content (AvgIpc) is 3.36. The second kappa shape index (κ2) is 10.3. The van der Waals surface area contributed by atoms with Gasteiger partial charge in [-0.2, -0.15) is 10.2 Å². The van der Waals surface area contributed by atoms with E-state index in [0.29, 0.717) is 28.7 Å². The fraction of sp³-hybridized carbons (Fsp3) is 0.286. The highest BCUT2D eigenvalue weighted by Crippen LogP contribution is 2.33. The summed E-state index contributed by atoms with van der Waals surface area (Å²) in [5, 5.41) is 12.8. The van der Waals surface area contributed by atoms with Crippen LogP contribution in [0.1, 0.15) is 45.5 Å². The standard InChI is InChI=1S/C28H29N7O2/c1-17-13-20(15-29)14-18(2)25(17)37-27-24-23(7-10-31-24)33-28(34-27)32-22-8-11-35(12-9-22)16-19-3-5-21(6-4-19)26(30)36/h3-7,10,13-14,22,31H,8-9,11-12,16H2,1-2H3,(H2,30,36)(H,32,33,34). The summed E-state index contributed by atoms with van der Waals surface area (Å²) in [4.78, 5) is 26.3. The van der Waals surface area contributed by atoms with Crippen LogP contribution in [0.5, 0.6) is 11.6 Å². The minimum Gasteiger partial charge on any atom is -0.436 e. The summed E-state index contributed by atoms with van der Waals surface area (Å²) in [6.45, 7) is 6.56. The molecule has 2 aromatic carbocycles. The number of aromatic amines is 1. The number of carbonyl (C=O) groups excluding carboxylic acids is 1. The van der Waals surface area contributed by atoms with Gasteiger partial charge >= 0.3 is 0 Å². The van der Waals surface area contributed by atoms with Crippen molar-refractivity contribution in [2.75, 3.05) is 18.4 Å². The number of amides is 1. The topological polar surface area (TPSA) is 133 Å². The summed E-state index contributed by atoms with van der Waals surface area (Å²) in [5.41, 5.74) is 10.9. The molecule has 37 heavy (non-hydrogen) atoms. The number of anilines is 1. The number of nitriles is 1. The van der Waals surface area contributed by atoms with Crippen molar-refractivity contribution >= 4 is 22.9 Å². The first kappa shape index (κ1) is 24.3. The van der Waals surface area contributed by atoms with Gasteiger partial charge < -0.3 is 20.8 Å². The number of H-pyrrole nitrogens is 1. The van der Waals surface area contributed by atoms with Crippen LogP contribution in [-0.2, 0) is 6.54 Å². The monoisotopic (exact) mass is 495 g/mol. The van der Waals surface area contributed by atoms with Gasteiger partial charge in [0.2, 0.25) is 17.7 Å². The van der Waals surface area contributed by atoms with Crippen molar-refractivity contribution < 1.29 is 9.53 Å². The number of nitrogens with two attached hydrogens (primary N) is 1. The van der Waals surface area contributed by atoms with Crippen molar-refractivity contribution in [2.45, 2.75) is 39.3 Å². The zero-order valence-electron chi connectivity index (χ0n) is 20.9. The number of nitrogens with one attached hydrogen (secondary N) is 2. The quantitative estimate of drug-likeness (QED) is 0.346. The lowest BCUT2D eigenvalue weighted by molar-refractivity contribution is 0.1000. The van der Waals surface area contributed by atoms with Crippen molar-refractivity contribution in [1.82, 2.24) is 19.9 Å². The zero-order chi connectivity index (χ0) is 25.9. The largest absolute Gasteiger partial charge is 0.436 e. The Balaban J connectivity index is 1.26. The van der Waals surface area contributed by atoms with Crippen LogP contribution in [-0.4, -0.2) is 44.9 Å². The predicted octanol–water partition coefficient (Wildman–Crippen LogP) is 4.41. The van der Waals surface area contributed by atoms with Crippen LogP contribution in [0.2, 0.25) is 0 Å². The van der Waals surface area contributed by atoms with Gasteiger partial charge in [0, 0.05) is 37.4 Å². The van der Waals surface area contributed by atoms with E-state index in [9.17, 15) is 10.1 Å². The molecule has 1 aliphatic rings. The molecule has 0 radical (unpaired) electrons. The second-order valence-corrected chi connectivity index (χ2v) is 9.50. The average molecular weight is 496 g/mol. The molecule has 0 bridgehead atoms. The number of piperidine rings is 1. The third-order valence-electron chi connectivity index (χ3n) is 6.73. The molecule has 1 amide bonds. The van der Waals surface area contributed by atoms with Gasteiger partial charge in [0.05, 0.1) is 17.1 Å². The fourth-order valence-electron chi connectivity index (χ4n) is 4.78. The SMILES string of the molecule is Cc1cc(C#N)cc(C)c1Oc1nc(NC2CCN(Cc3ccc(C(N)=O)cc3)CC2)nc2cc[nH]c12. The Labute approximate surface area is 215 Å². The van der Waals surface area contributed by atoms with Crippen LogP contribution in [0.4, 0.5) is 5.95 Å². The molecule has 9 nitrogen and oxygen atoms in total. The maximum Gasteiger partial charge on any atom is 0.248 e. The second-order valence-electron chi connectivity index (χ2n) is 9.50. The van der Waals surface area contributed by atoms with Crippen LogP contribution < -0.4 is 15.8 Å². The number of aryl methyl sites for hydroxylation is 2. The molecule has 1 aliphatic heterocycles. The molecule has 0 unspecified atom stereocenters. The van der Waals surface area contributed by atoms with Gasteiger partial charge in [-0.1, -0.05) is 12.1 Å². The lowest BCUT2D eigenvalue weighted by Crippen LogP contribution is -2.39. The van der Waals surface area contributed by atoms with E-state index in [1.54, 1.807) is 12.1 Å². The Morgan fingerprint density at radius 1 is 1.16 bits per heavy atom. The van der Waals surface area contributed by atoms with E-state index in [1.165, 1.54) is 0 Å². The Morgan fingerprint density at radius 3 is 2.51 bits per heavy atom. The lowest BCUT2D eigenvalue weighted by atomic mass is 10.0. The molecular formula is C28H29N7O2. The number of hydrogen-bond donors (Lipinski definition) is 3. The Bertz CT molecular complexity index is 1460. The number of aromatic nitrogens is 3. The van der Waals surface area contributed by atoms with Crippen LogP contribution in [0, 0.1) is 25.2 Å². The minimum absolute atomic E-state index is 0.246. The molecule has 0 aliphatic carbocycles. The van der Waals surface area contributed by atoms with Gasteiger partial charge in [-0.05, 0) is 73.7 Å². The number of likely N-dealkylation sites (tertiary alicyclic amines) is 1. The zero-order valence-corrected chi connectivity index (χ0v) is 20.9. The molecule has 9 heteroatoms. The first-order valence-electron chi connectivity index (χ1n) is 12.3. The normalized spacial score (nSPS) is 14.4. The van der Waals surface area contributed by atoms with E-state index in [1.807, 2.05) is 50.4 Å². The number of fused-ring (bicyclic) bond motifs is 1. The summed E-state index contributed by atoms with van der Waals surface area (Å²) in [7, 11) is 0. The van der Waals surface area contributed by atoms with E-state index in [4.69, 9.17) is 15.5 Å². The summed E-state index contributed by atoms with van der Waals surface area (Å²) in [5.74, 6) is 1.27. The first-order valence-corrected chi connectivity index (χ1v) is 12.3. The van der Waals surface area contributed by atoms with Gasteiger partial charge in [0.1, 0.15) is 11.3 Å². The Hall–Kier alpha value is -4.42. The molecule has 4 aromatic rings. The maximum atomic E-state index is 11.3. The van der Waals surface area contributed by atoms with Crippen molar-refractivity contribution in [3.8, 4) is 17.7 Å². The van der Waals surface area contributed by atoms with E-state index in [-0.39, 0.29) is 6.04 Å². The number of primary amides is 1. The molecule has 3 heterocycles. The van der Waals surface area contributed by atoms with Gasteiger partial charge in [-0.15, -0.1) is 0 Å². The predicted molar refractivity (Wildman–Crippen MR) is 141 cm³/mol. The number of hydrogen-bond acceptors (Lipinski definition) is 7. The number of nitrogens with zero attached hydrogens (tertiary/aromatic N) is 4.